The van der Waals surface area contributed by atoms with E-state index in [1.807, 2.05) is 0 Å². The maximum Gasteiger partial charge on any atom is 0.215 e. The molecule has 6 heteroatoms. The summed E-state index contributed by atoms with van der Waals surface area (Å²) in [4.78, 5) is 12.2. The van der Waals surface area contributed by atoms with Gasteiger partial charge in [-0.15, -0.1) is 5.10 Å². The van der Waals surface area contributed by atoms with Crippen LogP contribution in [-0.4, -0.2) is 33.9 Å². The largest absolute Gasteiger partial charge is 0.312 e. The van der Waals surface area contributed by atoms with Gasteiger partial charge >= 0.3 is 0 Å². The molecule has 3 rings (SSSR count). The highest BCUT2D eigenvalue weighted by Gasteiger charge is 2.22. The molecule has 0 saturated carbocycles. The van der Waals surface area contributed by atoms with Gasteiger partial charge in [-0.05, 0) is 30.7 Å². The minimum atomic E-state index is -0.418. The van der Waals surface area contributed by atoms with Gasteiger partial charge < -0.3 is 5.32 Å². The summed E-state index contributed by atoms with van der Waals surface area (Å²) in [6, 6.07) is 4.51. The minimum absolute atomic E-state index is 0.247. The molecule has 1 aromatic heterocycles. The Labute approximate surface area is 109 Å². The van der Waals surface area contributed by atoms with Gasteiger partial charge in [0.2, 0.25) is 5.78 Å². The molecule has 1 saturated heterocycles. The molecular weight excluding hydrogens is 247 g/mol. The molecule has 1 aromatic carbocycles. The second kappa shape index (κ2) is 4.55. The number of rotatable bonds is 3. The number of aromatic nitrogens is 3. The van der Waals surface area contributed by atoms with E-state index in [1.165, 1.54) is 12.1 Å². The second-order valence-electron chi connectivity index (χ2n) is 4.74. The van der Waals surface area contributed by atoms with Crippen molar-refractivity contribution in [2.45, 2.75) is 13.0 Å². The van der Waals surface area contributed by atoms with Crippen LogP contribution >= 0.6 is 0 Å². The van der Waals surface area contributed by atoms with E-state index in [-0.39, 0.29) is 17.5 Å². The van der Waals surface area contributed by atoms with E-state index < -0.39 is 5.82 Å². The molecule has 2 aromatic rings. The second-order valence-corrected chi connectivity index (χ2v) is 4.74. The lowest BCUT2D eigenvalue weighted by atomic mass is 10.1. The molecule has 2 heterocycles. The highest BCUT2D eigenvalue weighted by Crippen LogP contribution is 2.14. The Bertz CT molecular complexity index is 613. The molecule has 0 spiro atoms. The highest BCUT2D eigenvalue weighted by molar-refractivity contribution is 6.07. The Kier molecular flexibility index (Phi) is 2.87. The number of carbonyl (C=O) groups excluding carboxylic acids is 1. The van der Waals surface area contributed by atoms with Crippen LogP contribution in [0.15, 0.2) is 24.4 Å². The Morgan fingerprint density at radius 1 is 1.42 bits per heavy atom. The molecule has 0 radical (unpaired) electrons. The van der Waals surface area contributed by atoms with Crippen molar-refractivity contribution >= 4 is 5.78 Å². The van der Waals surface area contributed by atoms with Crippen LogP contribution in [0, 0.1) is 12.7 Å². The number of nitrogens with zero attached hydrogens (tertiary/aromatic N) is 3. The van der Waals surface area contributed by atoms with E-state index >= 15 is 0 Å². The van der Waals surface area contributed by atoms with Gasteiger partial charge in [0.05, 0.1) is 12.2 Å². The first-order chi connectivity index (χ1) is 9.13. The first-order valence-corrected chi connectivity index (χ1v) is 6.08. The summed E-state index contributed by atoms with van der Waals surface area (Å²) in [5, 5.41) is 10.9. The van der Waals surface area contributed by atoms with Crippen LogP contribution < -0.4 is 5.32 Å². The van der Waals surface area contributed by atoms with Gasteiger partial charge in [-0.25, -0.2) is 9.07 Å². The molecular formula is C13H13FN4O. The normalized spacial score (nSPS) is 15.3. The highest BCUT2D eigenvalue weighted by atomic mass is 19.1. The molecule has 0 bridgehead atoms. The molecule has 1 fully saturated rings. The standard InChI is InChI=1S/C13H13FN4O/c1-8-2-9(4-10(14)3-8)13(19)12-7-18(17-16-12)11-5-15-6-11/h2-4,7,11,15H,5-6H2,1H3. The van der Waals surface area contributed by atoms with E-state index in [1.54, 1.807) is 23.9 Å². The summed E-state index contributed by atoms with van der Waals surface area (Å²) in [5.41, 5.74) is 1.26. The van der Waals surface area contributed by atoms with Gasteiger partial charge in [-0.2, -0.15) is 0 Å². The summed E-state index contributed by atoms with van der Waals surface area (Å²) < 4.78 is 15.0. The van der Waals surface area contributed by atoms with Crippen LogP contribution in [0.1, 0.15) is 27.7 Å². The average Bonchev–Trinajstić information content (AvgIpc) is 2.73. The molecule has 5 nitrogen and oxygen atoms in total. The number of ketones is 1. The van der Waals surface area contributed by atoms with E-state index in [0.29, 0.717) is 11.1 Å². The fourth-order valence-corrected chi connectivity index (χ4v) is 2.04. The summed E-state index contributed by atoms with van der Waals surface area (Å²) >= 11 is 0. The average molecular weight is 260 g/mol. The minimum Gasteiger partial charge on any atom is -0.312 e. The van der Waals surface area contributed by atoms with E-state index in [4.69, 9.17) is 0 Å². The van der Waals surface area contributed by atoms with Gasteiger partial charge in [0, 0.05) is 18.7 Å². The van der Waals surface area contributed by atoms with Crippen molar-refractivity contribution in [3.05, 3.63) is 47.0 Å². The molecule has 1 aliphatic rings. The number of halogens is 1. The maximum atomic E-state index is 13.3. The smallest absolute Gasteiger partial charge is 0.215 e. The maximum absolute atomic E-state index is 13.3. The molecule has 0 amide bonds. The third-order valence-electron chi connectivity index (χ3n) is 3.18. The monoisotopic (exact) mass is 260 g/mol. The van der Waals surface area contributed by atoms with Crippen molar-refractivity contribution in [1.82, 2.24) is 20.3 Å². The topological polar surface area (TPSA) is 59.8 Å². The lowest BCUT2D eigenvalue weighted by Gasteiger charge is -2.26. The molecule has 0 unspecified atom stereocenters. The van der Waals surface area contributed by atoms with Crippen molar-refractivity contribution in [1.29, 1.82) is 0 Å². The Hall–Kier alpha value is -2.08. The Morgan fingerprint density at radius 3 is 2.84 bits per heavy atom. The van der Waals surface area contributed by atoms with Gasteiger partial charge in [0.1, 0.15) is 5.82 Å². The number of hydrogen-bond acceptors (Lipinski definition) is 4. The van der Waals surface area contributed by atoms with Gasteiger partial charge in [-0.1, -0.05) is 5.21 Å². The van der Waals surface area contributed by atoms with Crippen molar-refractivity contribution < 1.29 is 9.18 Å². The van der Waals surface area contributed by atoms with Gasteiger partial charge in [0.15, 0.2) is 5.69 Å². The summed E-state index contributed by atoms with van der Waals surface area (Å²) in [6.45, 7) is 3.41. The van der Waals surface area contributed by atoms with E-state index in [9.17, 15) is 9.18 Å². The Balaban J connectivity index is 1.88. The van der Waals surface area contributed by atoms with E-state index in [0.717, 1.165) is 13.1 Å². The number of hydrogen-bond donors (Lipinski definition) is 1. The first-order valence-electron chi connectivity index (χ1n) is 6.08. The predicted molar refractivity (Wildman–Crippen MR) is 66.5 cm³/mol. The molecule has 98 valence electrons. The molecule has 0 aliphatic carbocycles. The summed E-state index contributed by atoms with van der Waals surface area (Å²) in [5.74, 6) is -0.722. The number of carbonyl (C=O) groups is 1. The summed E-state index contributed by atoms with van der Waals surface area (Å²) in [7, 11) is 0. The number of benzene rings is 1. The van der Waals surface area contributed by atoms with Crippen LogP contribution in [0.4, 0.5) is 4.39 Å². The van der Waals surface area contributed by atoms with E-state index in [2.05, 4.69) is 15.6 Å². The third kappa shape index (κ3) is 2.26. The van der Waals surface area contributed by atoms with Crippen LogP contribution in [-0.2, 0) is 0 Å². The van der Waals surface area contributed by atoms with Crippen LogP contribution in [0.3, 0.4) is 0 Å². The lowest BCUT2D eigenvalue weighted by Crippen LogP contribution is -2.43. The molecule has 1 aliphatic heterocycles. The van der Waals surface area contributed by atoms with Crippen molar-refractivity contribution in [3.63, 3.8) is 0 Å². The first kappa shape index (κ1) is 12.0. The SMILES string of the molecule is Cc1cc(F)cc(C(=O)c2cn(C3CNC3)nn2)c1. The van der Waals surface area contributed by atoms with Crippen LogP contribution in [0.25, 0.3) is 0 Å². The zero-order valence-electron chi connectivity index (χ0n) is 10.4. The fraction of sp³-hybridized carbons (Fsp3) is 0.308. The predicted octanol–water partition coefficient (Wildman–Crippen LogP) is 1.10. The van der Waals surface area contributed by atoms with Crippen molar-refractivity contribution in [2.24, 2.45) is 0 Å². The van der Waals surface area contributed by atoms with Crippen LogP contribution in [0.5, 0.6) is 0 Å². The number of nitrogens with one attached hydrogen (secondary N) is 1. The molecule has 19 heavy (non-hydrogen) atoms. The quantitative estimate of drug-likeness (QED) is 0.840. The number of aryl methyl sites for hydroxylation is 1. The Morgan fingerprint density at radius 2 is 2.21 bits per heavy atom. The molecule has 0 atom stereocenters. The lowest BCUT2D eigenvalue weighted by molar-refractivity contribution is 0.103. The van der Waals surface area contributed by atoms with Crippen LogP contribution in [0.2, 0.25) is 0 Å². The van der Waals surface area contributed by atoms with Gasteiger partial charge in [0.25, 0.3) is 0 Å². The zero-order chi connectivity index (χ0) is 13.4. The third-order valence-corrected chi connectivity index (χ3v) is 3.18. The fourth-order valence-electron chi connectivity index (χ4n) is 2.04. The van der Waals surface area contributed by atoms with Crippen molar-refractivity contribution in [2.75, 3.05) is 13.1 Å². The zero-order valence-corrected chi connectivity index (χ0v) is 10.4. The summed E-state index contributed by atoms with van der Waals surface area (Å²) in [6.07, 6.45) is 1.62. The van der Waals surface area contributed by atoms with Crippen molar-refractivity contribution in [3.8, 4) is 0 Å². The van der Waals surface area contributed by atoms with Gasteiger partial charge in [-0.3, -0.25) is 4.79 Å². The molecule has 1 N–H and O–H groups in total.